The molecule has 1 unspecified atom stereocenters. The van der Waals surface area contributed by atoms with Gasteiger partial charge in [-0.05, 0) is 32.1 Å². The van der Waals surface area contributed by atoms with E-state index in [1.165, 1.54) is 36.5 Å². The molecular formula is C13H20N2O. The fourth-order valence-corrected chi connectivity index (χ4v) is 2.93. The van der Waals surface area contributed by atoms with Gasteiger partial charge in [-0.2, -0.15) is 0 Å². The van der Waals surface area contributed by atoms with Gasteiger partial charge in [-0.25, -0.2) is 4.98 Å². The molecule has 1 aliphatic heterocycles. The first-order valence-electron chi connectivity index (χ1n) is 6.51. The Morgan fingerprint density at radius 2 is 2.06 bits per heavy atom. The molecule has 0 saturated carbocycles. The SMILES string of the molecule is CC1CCCc2[nH]c(C3CCOCC3)nc21. The van der Waals surface area contributed by atoms with E-state index in [0.29, 0.717) is 11.8 Å². The molecular weight excluding hydrogens is 200 g/mol. The summed E-state index contributed by atoms with van der Waals surface area (Å²) in [6, 6.07) is 0. The monoisotopic (exact) mass is 220 g/mol. The molecule has 16 heavy (non-hydrogen) atoms. The predicted octanol–water partition coefficient (Wildman–Crippen LogP) is 2.74. The van der Waals surface area contributed by atoms with Crippen LogP contribution in [0.4, 0.5) is 0 Å². The highest BCUT2D eigenvalue weighted by molar-refractivity contribution is 5.23. The Hall–Kier alpha value is -0.830. The molecule has 0 bridgehead atoms. The number of rotatable bonds is 1. The van der Waals surface area contributed by atoms with Crippen molar-refractivity contribution in [1.82, 2.24) is 9.97 Å². The van der Waals surface area contributed by atoms with Gasteiger partial charge < -0.3 is 9.72 Å². The first-order valence-corrected chi connectivity index (χ1v) is 6.51. The molecule has 0 spiro atoms. The molecule has 1 fully saturated rings. The zero-order chi connectivity index (χ0) is 11.0. The number of imidazole rings is 1. The molecule has 3 rings (SSSR count). The van der Waals surface area contributed by atoms with Crippen molar-refractivity contribution in [3.05, 3.63) is 17.2 Å². The standard InChI is InChI=1S/C13H20N2O/c1-9-3-2-4-11-12(9)15-13(14-11)10-5-7-16-8-6-10/h9-10H,2-8H2,1H3,(H,14,15). The zero-order valence-corrected chi connectivity index (χ0v) is 9.96. The Morgan fingerprint density at radius 3 is 2.81 bits per heavy atom. The van der Waals surface area contributed by atoms with Crippen LogP contribution in [0.15, 0.2) is 0 Å². The minimum atomic E-state index is 0.603. The lowest BCUT2D eigenvalue weighted by molar-refractivity contribution is 0.0837. The van der Waals surface area contributed by atoms with E-state index in [0.717, 1.165) is 26.1 Å². The van der Waals surface area contributed by atoms with Crippen LogP contribution in [0.5, 0.6) is 0 Å². The normalized spacial score (nSPS) is 26.7. The number of H-pyrrole nitrogens is 1. The molecule has 3 nitrogen and oxygen atoms in total. The van der Waals surface area contributed by atoms with E-state index in [9.17, 15) is 0 Å². The number of nitrogens with zero attached hydrogens (tertiary/aromatic N) is 1. The van der Waals surface area contributed by atoms with Crippen LogP contribution in [0.2, 0.25) is 0 Å². The van der Waals surface area contributed by atoms with Crippen molar-refractivity contribution in [2.75, 3.05) is 13.2 Å². The van der Waals surface area contributed by atoms with Crippen molar-refractivity contribution in [2.45, 2.75) is 50.9 Å². The maximum atomic E-state index is 5.40. The second-order valence-electron chi connectivity index (χ2n) is 5.17. The number of aromatic amines is 1. The minimum absolute atomic E-state index is 0.603. The van der Waals surface area contributed by atoms with E-state index in [2.05, 4.69) is 11.9 Å². The molecule has 0 radical (unpaired) electrons. The molecule has 0 amide bonds. The van der Waals surface area contributed by atoms with Crippen LogP contribution in [-0.2, 0) is 11.2 Å². The summed E-state index contributed by atoms with van der Waals surface area (Å²) >= 11 is 0. The van der Waals surface area contributed by atoms with Gasteiger partial charge in [0.2, 0.25) is 0 Å². The number of hydrogen-bond donors (Lipinski definition) is 1. The summed E-state index contributed by atoms with van der Waals surface area (Å²) in [6.07, 6.45) is 6.05. The van der Waals surface area contributed by atoms with Crippen LogP contribution in [0.1, 0.15) is 61.7 Å². The van der Waals surface area contributed by atoms with Gasteiger partial charge in [0.15, 0.2) is 0 Å². The molecule has 88 valence electrons. The largest absolute Gasteiger partial charge is 0.381 e. The summed E-state index contributed by atoms with van der Waals surface area (Å²) in [5, 5.41) is 0. The molecule has 1 aliphatic carbocycles. The summed E-state index contributed by atoms with van der Waals surface area (Å²) < 4.78 is 5.40. The molecule has 1 atom stereocenters. The highest BCUT2D eigenvalue weighted by Gasteiger charge is 2.25. The fourth-order valence-electron chi connectivity index (χ4n) is 2.93. The van der Waals surface area contributed by atoms with Crippen molar-refractivity contribution in [3.63, 3.8) is 0 Å². The van der Waals surface area contributed by atoms with Crippen molar-refractivity contribution in [2.24, 2.45) is 0 Å². The summed E-state index contributed by atoms with van der Waals surface area (Å²) in [5.41, 5.74) is 2.74. The first-order chi connectivity index (χ1) is 7.84. The van der Waals surface area contributed by atoms with Crippen molar-refractivity contribution >= 4 is 0 Å². The molecule has 1 aromatic rings. The maximum absolute atomic E-state index is 5.40. The predicted molar refractivity (Wildman–Crippen MR) is 62.7 cm³/mol. The van der Waals surface area contributed by atoms with Gasteiger partial charge >= 0.3 is 0 Å². The third-order valence-electron chi connectivity index (χ3n) is 3.97. The number of ether oxygens (including phenoxy) is 1. The second kappa shape index (κ2) is 4.21. The van der Waals surface area contributed by atoms with E-state index >= 15 is 0 Å². The second-order valence-corrected chi connectivity index (χ2v) is 5.17. The Kier molecular flexibility index (Phi) is 2.72. The van der Waals surface area contributed by atoms with E-state index in [-0.39, 0.29) is 0 Å². The van der Waals surface area contributed by atoms with E-state index < -0.39 is 0 Å². The molecule has 1 aromatic heterocycles. The summed E-state index contributed by atoms with van der Waals surface area (Å²) in [6.45, 7) is 4.09. The van der Waals surface area contributed by atoms with Crippen molar-refractivity contribution < 1.29 is 4.74 Å². The zero-order valence-electron chi connectivity index (χ0n) is 9.96. The highest BCUT2D eigenvalue weighted by Crippen LogP contribution is 2.32. The Balaban J connectivity index is 1.85. The minimum Gasteiger partial charge on any atom is -0.381 e. The topological polar surface area (TPSA) is 37.9 Å². The van der Waals surface area contributed by atoms with Crippen molar-refractivity contribution in [3.8, 4) is 0 Å². The summed E-state index contributed by atoms with van der Waals surface area (Å²) in [4.78, 5) is 8.41. The molecule has 3 heteroatoms. The van der Waals surface area contributed by atoms with E-state index in [1.807, 2.05) is 0 Å². The number of aryl methyl sites for hydroxylation is 1. The van der Waals surface area contributed by atoms with Crippen LogP contribution in [0.3, 0.4) is 0 Å². The quantitative estimate of drug-likeness (QED) is 0.790. The van der Waals surface area contributed by atoms with E-state index in [1.54, 1.807) is 0 Å². The number of nitrogens with one attached hydrogen (secondary N) is 1. The fraction of sp³-hybridized carbons (Fsp3) is 0.769. The molecule has 2 heterocycles. The van der Waals surface area contributed by atoms with Crippen LogP contribution < -0.4 is 0 Å². The van der Waals surface area contributed by atoms with Gasteiger partial charge in [0.25, 0.3) is 0 Å². The van der Waals surface area contributed by atoms with Crippen LogP contribution >= 0.6 is 0 Å². The van der Waals surface area contributed by atoms with Crippen molar-refractivity contribution in [1.29, 1.82) is 0 Å². The highest BCUT2D eigenvalue weighted by atomic mass is 16.5. The molecule has 2 aliphatic rings. The van der Waals surface area contributed by atoms with Gasteiger partial charge in [-0.1, -0.05) is 6.92 Å². The van der Waals surface area contributed by atoms with Crippen LogP contribution in [0, 0.1) is 0 Å². The van der Waals surface area contributed by atoms with Gasteiger partial charge in [0, 0.05) is 30.7 Å². The van der Waals surface area contributed by atoms with E-state index in [4.69, 9.17) is 9.72 Å². The van der Waals surface area contributed by atoms with Gasteiger partial charge in [0.1, 0.15) is 5.82 Å². The van der Waals surface area contributed by atoms with Gasteiger partial charge in [-0.15, -0.1) is 0 Å². The lowest BCUT2D eigenvalue weighted by Crippen LogP contribution is -2.15. The summed E-state index contributed by atoms with van der Waals surface area (Å²) in [7, 11) is 0. The molecule has 1 N–H and O–H groups in total. The Morgan fingerprint density at radius 1 is 1.25 bits per heavy atom. The number of fused-ring (bicyclic) bond motifs is 1. The van der Waals surface area contributed by atoms with Crippen LogP contribution in [0.25, 0.3) is 0 Å². The lowest BCUT2D eigenvalue weighted by Gasteiger charge is -2.19. The number of hydrogen-bond acceptors (Lipinski definition) is 2. The average Bonchev–Trinajstić information content (AvgIpc) is 2.76. The van der Waals surface area contributed by atoms with Crippen LogP contribution in [-0.4, -0.2) is 23.2 Å². The molecule has 0 aromatic carbocycles. The van der Waals surface area contributed by atoms with Gasteiger partial charge in [0.05, 0.1) is 5.69 Å². The maximum Gasteiger partial charge on any atom is 0.109 e. The first kappa shape index (κ1) is 10.3. The number of aromatic nitrogens is 2. The third kappa shape index (κ3) is 1.77. The average molecular weight is 220 g/mol. The molecule has 1 saturated heterocycles. The Labute approximate surface area is 96.6 Å². The third-order valence-corrected chi connectivity index (χ3v) is 3.97. The lowest BCUT2D eigenvalue weighted by atomic mass is 9.92. The van der Waals surface area contributed by atoms with Gasteiger partial charge in [-0.3, -0.25) is 0 Å². The summed E-state index contributed by atoms with van der Waals surface area (Å²) in [5.74, 6) is 2.47. The Bertz CT molecular complexity index is 366. The smallest absolute Gasteiger partial charge is 0.109 e.